The monoisotopic (exact) mass is 442 g/mol. The minimum atomic E-state index is -0.317. The fraction of sp³-hybridized carbons (Fsp3) is 0.348. The van der Waals surface area contributed by atoms with Gasteiger partial charge in [-0.1, -0.05) is 23.7 Å². The fourth-order valence-electron chi connectivity index (χ4n) is 3.79. The first-order chi connectivity index (χ1) is 14.9. The lowest BCUT2D eigenvalue weighted by atomic mass is 9.93. The molecular weight excluding hydrogens is 416 g/mol. The highest BCUT2D eigenvalue weighted by atomic mass is 35.5. The molecule has 2 aromatic rings. The molecule has 0 radical (unpaired) electrons. The van der Waals surface area contributed by atoms with Gasteiger partial charge in [-0.3, -0.25) is 19.3 Å². The number of benzene rings is 2. The van der Waals surface area contributed by atoms with E-state index in [0.717, 1.165) is 32.4 Å². The van der Waals surface area contributed by atoms with Crippen molar-refractivity contribution in [1.29, 1.82) is 0 Å². The highest BCUT2D eigenvalue weighted by Crippen LogP contribution is 2.22. The van der Waals surface area contributed by atoms with Gasteiger partial charge in [-0.2, -0.15) is 0 Å². The highest BCUT2D eigenvalue weighted by Gasteiger charge is 2.22. The number of hydrogen-bond acceptors (Lipinski definition) is 4. The Morgan fingerprint density at radius 2 is 1.81 bits per heavy atom. The van der Waals surface area contributed by atoms with Crippen molar-refractivity contribution in [2.75, 3.05) is 30.3 Å². The van der Waals surface area contributed by atoms with Crippen LogP contribution in [0.2, 0.25) is 5.02 Å². The summed E-state index contributed by atoms with van der Waals surface area (Å²) >= 11 is 5.88. The molecule has 4 N–H and O–H groups in total. The van der Waals surface area contributed by atoms with Gasteiger partial charge >= 0.3 is 0 Å². The first-order valence-corrected chi connectivity index (χ1v) is 10.7. The Labute approximate surface area is 186 Å². The van der Waals surface area contributed by atoms with Crippen molar-refractivity contribution in [1.82, 2.24) is 4.90 Å². The van der Waals surface area contributed by atoms with Crippen molar-refractivity contribution in [3.63, 3.8) is 0 Å². The molecule has 1 heterocycles. The summed E-state index contributed by atoms with van der Waals surface area (Å²) in [6, 6.07) is 13.7. The summed E-state index contributed by atoms with van der Waals surface area (Å²) < 4.78 is 0. The topological polar surface area (TPSA) is 105 Å². The van der Waals surface area contributed by atoms with Crippen LogP contribution in [0, 0.1) is 5.92 Å². The second-order valence-electron chi connectivity index (χ2n) is 7.80. The van der Waals surface area contributed by atoms with Crippen LogP contribution in [0.5, 0.6) is 0 Å². The smallest absolute Gasteiger partial charge is 0.257 e. The molecule has 0 aromatic heterocycles. The minimum Gasteiger partial charge on any atom is -0.370 e. The predicted molar refractivity (Wildman–Crippen MR) is 122 cm³/mol. The lowest BCUT2D eigenvalue weighted by Gasteiger charge is -2.32. The number of likely N-dealkylation sites (tertiary alicyclic amines) is 1. The van der Waals surface area contributed by atoms with E-state index in [2.05, 4.69) is 15.5 Å². The second kappa shape index (κ2) is 10.9. The number of nitrogens with two attached hydrogens (primary N) is 1. The van der Waals surface area contributed by atoms with Crippen LogP contribution in [0.4, 0.5) is 11.4 Å². The molecule has 8 heteroatoms. The number of hydrogen-bond donors (Lipinski definition) is 3. The van der Waals surface area contributed by atoms with E-state index in [-0.39, 0.29) is 24.3 Å². The summed E-state index contributed by atoms with van der Waals surface area (Å²) in [5.74, 6) is -0.417. The number of rotatable bonds is 8. The summed E-state index contributed by atoms with van der Waals surface area (Å²) in [5, 5.41) is 6.26. The van der Waals surface area contributed by atoms with Gasteiger partial charge in [0, 0.05) is 23.7 Å². The predicted octanol–water partition coefficient (Wildman–Crippen LogP) is 3.51. The first kappa shape index (κ1) is 22.8. The number of carbonyl (C=O) groups excluding carboxylic acids is 3. The Morgan fingerprint density at radius 1 is 1.06 bits per heavy atom. The van der Waals surface area contributed by atoms with Gasteiger partial charge < -0.3 is 16.4 Å². The molecule has 31 heavy (non-hydrogen) atoms. The molecule has 1 aliphatic rings. The van der Waals surface area contributed by atoms with Crippen LogP contribution >= 0.6 is 11.6 Å². The number of carbonyl (C=O) groups is 3. The molecule has 7 nitrogen and oxygen atoms in total. The summed E-state index contributed by atoms with van der Waals surface area (Å²) in [6.45, 7) is 1.83. The highest BCUT2D eigenvalue weighted by molar-refractivity contribution is 6.30. The fourth-order valence-corrected chi connectivity index (χ4v) is 3.92. The van der Waals surface area contributed by atoms with Gasteiger partial charge in [0.1, 0.15) is 0 Å². The maximum absolute atomic E-state index is 12.7. The lowest BCUT2D eigenvalue weighted by Crippen LogP contribution is -2.40. The maximum Gasteiger partial charge on any atom is 0.257 e. The third kappa shape index (κ3) is 7.08. The van der Waals surface area contributed by atoms with Gasteiger partial charge in [-0.25, -0.2) is 0 Å². The van der Waals surface area contributed by atoms with E-state index < -0.39 is 0 Å². The largest absolute Gasteiger partial charge is 0.370 e. The van der Waals surface area contributed by atoms with Crippen LogP contribution in [-0.4, -0.2) is 42.3 Å². The molecule has 164 valence electrons. The number of piperidine rings is 1. The summed E-state index contributed by atoms with van der Waals surface area (Å²) in [4.78, 5) is 38.5. The van der Waals surface area contributed by atoms with Crippen LogP contribution in [0.15, 0.2) is 48.5 Å². The number of amides is 3. The van der Waals surface area contributed by atoms with E-state index in [1.165, 1.54) is 0 Å². The van der Waals surface area contributed by atoms with E-state index in [9.17, 15) is 14.4 Å². The average molecular weight is 443 g/mol. The molecule has 1 saturated heterocycles. The molecule has 0 spiro atoms. The van der Waals surface area contributed by atoms with Crippen molar-refractivity contribution >= 4 is 40.7 Å². The molecule has 3 amide bonds. The number of nitrogens with one attached hydrogen (secondary N) is 2. The number of anilines is 2. The molecule has 0 saturated carbocycles. The van der Waals surface area contributed by atoms with Crippen molar-refractivity contribution in [2.45, 2.75) is 25.7 Å². The molecule has 1 unspecified atom stereocenters. The van der Waals surface area contributed by atoms with E-state index >= 15 is 0 Å². The molecular formula is C23H27ClN4O3. The van der Waals surface area contributed by atoms with Gasteiger partial charge in [0.2, 0.25) is 11.8 Å². The number of para-hydroxylation sites is 1. The zero-order valence-corrected chi connectivity index (χ0v) is 18.0. The van der Waals surface area contributed by atoms with Gasteiger partial charge in [-0.05, 0) is 68.1 Å². The Balaban J connectivity index is 1.58. The minimum absolute atomic E-state index is 0.178. The Morgan fingerprint density at radius 3 is 2.55 bits per heavy atom. The Bertz CT molecular complexity index is 933. The summed E-state index contributed by atoms with van der Waals surface area (Å²) in [7, 11) is 0. The number of primary amides is 1. The van der Waals surface area contributed by atoms with Crippen LogP contribution in [0.1, 0.15) is 36.0 Å². The van der Waals surface area contributed by atoms with Gasteiger partial charge in [0.25, 0.3) is 5.91 Å². The normalized spacial score (nSPS) is 16.5. The molecule has 3 rings (SSSR count). The van der Waals surface area contributed by atoms with E-state index in [1.807, 2.05) is 0 Å². The lowest BCUT2D eigenvalue weighted by molar-refractivity contribution is -0.119. The summed E-state index contributed by atoms with van der Waals surface area (Å²) in [5.41, 5.74) is 6.70. The van der Waals surface area contributed by atoms with Crippen LogP contribution in [0.25, 0.3) is 0 Å². The number of nitrogens with zero attached hydrogens (tertiary/aromatic N) is 1. The van der Waals surface area contributed by atoms with Gasteiger partial charge in [0.05, 0.1) is 17.8 Å². The molecule has 1 atom stereocenters. The van der Waals surface area contributed by atoms with Crippen molar-refractivity contribution < 1.29 is 14.4 Å². The van der Waals surface area contributed by atoms with Gasteiger partial charge in [0.15, 0.2) is 0 Å². The second-order valence-corrected chi connectivity index (χ2v) is 8.24. The molecule has 0 bridgehead atoms. The van der Waals surface area contributed by atoms with Crippen LogP contribution in [0.3, 0.4) is 0 Å². The van der Waals surface area contributed by atoms with Crippen molar-refractivity contribution in [2.24, 2.45) is 11.7 Å². The third-order valence-corrected chi connectivity index (χ3v) is 5.57. The molecule has 1 aliphatic heterocycles. The van der Waals surface area contributed by atoms with Crippen LogP contribution in [-0.2, 0) is 9.59 Å². The molecule has 0 aliphatic carbocycles. The summed E-state index contributed by atoms with van der Waals surface area (Å²) in [6.07, 6.45) is 3.15. The van der Waals surface area contributed by atoms with Crippen molar-refractivity contribution in [3.8, 4) is 0 Å². The Kier molecular flexibility index (Phi) is 8.03. The Hall–Kier alpha value is -2.90. The first-order valence-electron chi connectivity index (χ1n) is 10.4. The third-order valence-electron chi connectivity index (χ3n) is 5.32. The average Bonchev–Trinajstić information content (AvgIpc) is 2.74. The van der Waals surface area contributed by atoms with Crippen molar-refractivity contribution in [3.05, 3.63) is 59.1 Å². The van der Waals surface area contributed by atoms with E-state index in [1.54, 1.807) is 48.5 Å². The quantitative estimate of drug-likeness (QED) is 0.581. The van der Waals surface area contributed by atoms with Gasteiger partial charge in [-0.15, -0.1) is 0 Å². The zero-order chi connectivity index (χ0) is 22.2. The number of halogens is 1. The van der Waals surface area contributed by atoms with E-state index in [0.29, 0.717) is 34.3 Å². The maximum atomic E-state index is 12.7. The SMILES string of the molecule is NC(=O)CCC1CCCN(CC(=O)Nc2ccccc2C(=O)Nc2ccc(Cl)cc2)C1. The molecule has 1 fully saturated rings. The van der Waals surface area contributed by atoms with E-state index in [4.69, 9.17) is 17.3 Å². The van der Waals surface area contributed by atoms with Crippen LogP contribution < -0.4 is 16.4 Å². The standard InChI is InChI=1S/C23H27ClN4O3/c24-17-8-10-18(11-9-17)26-23(31)19-5-1-2-6-20(19)27-22(30)15-28-13-3-4-16(14-28)7-12-21(25)29/h1-2,5-6,8-11,16H,3-4,7,12-15H2,(H2,25,29)(H,26,31)(H,27,30). The zero-order valence-electron chi connectivity index (χ0n) is 17.3. The molecule has 2 aromatic carbocycles.